The van der Waals surface area contributed by atoms with E-state index in [2.05, 4.69) is 27.8 Å². The van der Waals surface area contributed by atoms with Crippen molar-refractivity contribution in [3.63, 3.8) is 0 Å². The Balaban J connectivity index is 1.77. The largest absolute Gasteiger partial charge is 0.493 e. The second kappa shape index (κ2) is 7.15. The van der Waals surface area contributed by atoms with Gasteiger partial charge in [-0.15, -0.1) is 0 Å². The van der Waals surface area contributed by atoms with E-state index in [1.165, 1.54) is 13.0 Å². The molecule has 1 aliphatic heterocycles. The second-order valence-electron chi connectivity index (χ2n) is 5.08. The first kappa shape index (κ1) is 14.7. The zero-order chi connectivity index (χ0) is 13.7. The predicted molar refractivity (Wildman–Crippen MR) is 81.4 cm³/mol. The lowest BCUT2D eigenvalue weighted by Gasteiger charge is -2.34. The van der Waals surface area contributed by atoms with Gasteiger partial charge >= 0.3 is 0 Å². The van der Waals surface area contributed by atoms with Gasteiger partial charge in [-0.3, -0.25) is 4.90 Å². The molecule has 0 aromatic heterocycles. The highest BCUT2D eigenvalue weighted by atomic mass is 79.9. The number of hydrogen-bond donors (Lipinski definition) is 0. The first-order valence-electron chi connectivity index (χ1n) is 6.83. The maximum absolute atomic E-state index is 5.81. The van der Waals surface area contributed by atoms with E-state index in [0.29, 0.717) is 11.4 Å². The van der Waals surface area contributed by atoms with E-state index in [0.717, 1.165) is 30.5 Å². The SMILES string of the molecule is COc1ccccc1OCCN1CCC(C)C(Br)C1. The summed E-state index contributed by atoms with van der Waals surface area (Å²) in [7, 11) is 1.67. The Bertz CT molecular complexity index is 399. The number of methoxy groups -OCH3 is 1. The van der Waals surface area contributed by atoms with Crippen LogP contribution in [0.4, 0.5) is 0 Å². The molecule has 0 aliphatic carbocycles. The van der Waals surface area contributed by atoms with Gasteiger partial charge in [0.05, 0.1) is 7.11 Å². The average molecular weight is 328 g/mol. The molecule has 106 valence electrons. The number of piperidine rings is 1. The van der Waals surface area contributed by atoms with E-state index in [-0.39, 0.29) is 0 Å². The number of likely N-dealkylation sites (tertiary alicyclic amines) is 1. The summed E-state index contributed by atoms with van der Waals surface area (Å²) in [5, 5.41) is 0. The van der Waals surface area contributed by atoms with E-state index in [9.17, 15) is 0 Å². The Labute approximate surface area is 124 Å². The second-order valence-corrected chi connectivity index (χ2v) is 6.26. The molecule has 2 rings (SSSR count). The summed E-state index contributed by atoms with van der Waals surface area (Å²) in [5.74, 6) is 2.39. The fourth-order valence-electron chi connectivity index (χ4n) is 2.31. The standard InChI is InChI=1S/C15H22BrNO2/c1-12-7-8-17(11-13(12)16)9-10-19-15-6-4-3-5-14(15)18-2/h3-6,12-13H,7-11H2,1-2H3. The van der Waals surface area contributed by atoms with Crippen molar-refractivity contribution in [1.29, 1.82) is 0 Å². The number of halogens is 1. The number of nitrogens with zero attached hydrogens (tertiary/aromatic N) is 1. The molecule has 2 atom stereocenters. The van der Waals surface area contributed by atoms with Crippen molar-refractivity contribution in [3.8, 4) is 11.5 Å². The Kier molecular flexibility index (Phi) is 5.52. The number of benzene rings is 1. The lowest BCUT2D eigenvalue weighted by molar-refractivity contribution is 0.164. The van der Waals surface area contributed by atoms with E-state index in [1.54, 1.807) is 7.11 Å². The van der Waals surface area contributed by atoms with Crippen LogP contribution in [-0.2, 0) is 0 Å². The molecule has 4 heteroatoms. The Morgan fingerprint density at radius 2 is 2.05 bits per heavy atom. The maximum Gasteiger partial charge on any atom is 0.161 e. The van der Waals surface area contributed by atoms with Crippen molar-refractivity contribution < 1.29 is 9.47 Å². The quantitative estimate of drug-likeness (QED) is 0.775. The van der Waals surface area contributed by atoms with Gasteiger partial charge in [0, 0.05) is 17.9 Å². The topological polar surface area (TPSA) is 21.7 Å². The summed E-state index contributed by atoms with van der Waals surface area (Å²) >= 11 is 3.75. The summed E-state index contributed by atoms with van der Waals surface area (Å²) in [6.07, 6.45) is 1.25. The van der Waals surface area contributed by atoms with Crippen molar-refractivity contribution in [2.24, 2.45) is 5.92 Å². The van der Waals surface area contributed by atoms with Crippen molar-refractivity contribution in [2.45, 2.75) is 18.2 Å². The van der Waals surface area contributed by atoms with Crippen LogP contribution in [0.25, 0.3) is 0 Å². The van der Waals surface area contributed by atoms with Crippen LogP contribution in [-0.4, -0.2) is 43.1 Å². The zero-order valence-corrected chi connectivity index (χ0v) is 13.2. The minimum Gasteiger partial charge on any atom is -0.493 e. The van der Waals surface area contributed by atoms with Gasteiger partial charge in [0.25, 0.3) is 0 Å². The summed E-state index contributed by atoms with van der Waals surface area (Å²) in [6.45, 7) is 6.25. The molecule has 2 unspecified atom stereocenters. The van der Waals surface area contributed by atoms with Crippen LogP contribution in [0.15, 0.2) is 24.3 Å². The third-order valence-electron chi connectivity index (χ3n) is 3.68. The molecule has 1 aromatic carbocycles. The van der Waals surface area contributed by atoms with Crippen LogP contribution in [0, 0.1) is 5.92 Å². The van der Waals surface area contributed by atoms with Crippen molar-refractivity contribution in [1.82, 2.24) is 4.90 Å². The highest BCUT2D eigenvalue weighted by molar-refractivity contribution is 9.09. The predicted octanol–water partition coefficient (Wildman–Crippen LogP) is 3.18. The first-order valence-corrected chi connectivity index (χ1v) is 7.74. The molecule has 19 heavy (non-hydrogen) atoms. The van der Waals surface area contributed by atoms with Crippen molar-refractivity contribution in [3.05, 3.63) is 24.3 Å². The van der Waals surface area contributed by atoms with Gasteiger partial charge in [-0.2, -0.15) is 0 Å². The van der Waals surface area contributed by atoms with E-state index >= 15 is 0 Å². The van der Waals surface area contributed by atoms with Gasteiger partial charge in [0.1, 0.15) is 6.61 Å². The lowest BCUT2D eigenvalue weighted by atomic mass is 9.99. The Hall–Kier alpha value is -0.740. The third-order valence-corrected chi connectivity index (χ3v) is 4.88. The number of para-hydroxylation sites is 2. The molecular formula is C15H22BrNO2. The number of hydrogen-bond acceptors (Lipinski definition) is 3. The van der Waals surface area contributed by atoms with Crippen molar-refractivity contribution >= 4 is 15.9 Å². The van der Waals surface area contributed by atoms with Crippen molar-refractivity contribution in [2.75, 3.05) is 33.4 Å². The molecule has 0 spiro atoms. The summed E-state index contributed by atoms with van der Waals surface area (Å²) in [5.41, 5.74) is 0. The number of ether oxygens (including phenoxy) is 2. The first-order chi connectivity index (χ1) is 9.20. The normalized spacial score (nSPS) is 24.2. The van der Waals surface area contributed by atoms with Gasteiger partial charge in [-0.25, -0.2) is 0 Å². The van der Waals surface area contributed by atoms with Crippen LogP contribution in [0.5, 0.6) is 11.5 Å². The molecule has 0 bridgehead atoms. The zero-order valence-electron chi connectivity index (χ0n) is 11.6. The van der Waals surface area contributed by atoms with Crippen LogP contribution in [0.3, 0.4) is 0 Å². The highest BCUT2D eigenvalue weighted by Crippen LogP contribution is 2.26. The fourth-order valence-corrected chi connectivity index (χ4v) is 2.98. The van der Waals surface area contributed by atoms with Crippen LogP contribution < -0.4 is 9.47 Å². The number of alkyl halides is 1. The molecule has 0 N–H and O–H groups in total. The number of rotatable bonds is 5. The monoisotopic (exact) mass is 327 g/mol. The Morgan fingerprint density at radius 3 is 2.74 bits per heavy atom. The van der Waals surface area contributed by atoms with Gasteiger partial charge in [0.2, 0.25) is 0 Å². The molecular weight excluding hydrogens is 306 g/mol. The minimum absolute atomic E-state index is 0.604. The van der Waals surface area contributed by atoms with Gasteiger partial charge in [0.15, 0.2) is 11.5 Å². The molecule has 1 heterocycles. The Morgan fingerprint density at radius 1 is 1.32 bits per heavy atom. The lowest BCUT2D eigenvalue weighted by Crippen LogP contribution is -2.41. The minimum atomic E-state index is 0.604. The maximum atomic E-state index is 5.81. The average Bonchev–Trinajstić information content (AvgIpc) is 2.43. The van der Waals surface area contributed by atoms with Gasteiger partial charge in [-0.1, -0.05) is 35.0 Å². The van der Waals surface area contributed by atoms with E-state index in [4.69, 9.17) is 9.47 Å². The van der Waals surface area contributed by atoms with Crippen LogP contribution in [0.2, 0.25) is 0 Å². The molecule has 1 saturated heterocycles. The third kappa shape index (κ3) is 4.11. The fraction of sp³-hybridized carbons (Fsp3) is 0.600. The molecule has 0 amide bonds. The van der Waals surface area contributed by atoms with Crippen LogP contribution >= 0.6 is 15.9 Å². The molecule has 0 radical (unpaired) electrons. The smallest absolute Gasteiger partial charge is 0.161 e. The summed E-state index contributed by atoms with van der Waals surface area (Å²) in [4.78, 5) is 3.06. The van der Waals surface area contributed by atoms with Crippen LogP contribution in [0.1, 0.15) is 13.3 Å². The molecule has 1 fully saturated rings. The van der Waals surface area contributed by atoms with Gasteiger partial charge < -0.3 is 9.47 Å². The van der Waals surface area contributed by atoms with E-state index in [1.807, 2.05) is 24.3 Å². The summed E-state index contributed by atoms with van der Waals surface area (Å²) in [6, 6.07) is 7.79. The summed E-state index contributed by atoms with van der Waals surface area (Å²) < 4.78 is 11.1. The van der Waals surface area contributed by atoms with E-state index < -0.39 is 0 Å². The molecule has 1 aliphatic rings. The van der Waals surface area contributed by atoms with Gasteiger partial charge in [-0.05, 0) is 31.0 Å². The highest BCUT2D eigenvalue weighted by Gasteiger charge is 2.23. The molecule has 1 aromatic rings. The molecule has 0 saturated carbocycles. The molecule has 3 nitrogen and oxygen atoms in total.